The third kappa shape index (κ3) is 4.05. The smallest absolute Gasteiger partial charge is 0.340 e. The summed E-state index contributed by atoms with van der Waals surface area (Å²) < 4.78 is 7.45. The molecule has 1 aliphatic rings. The zero-order valence-corrected chi connectivity index (χ0v) is 24.2. The Balaban J connectivity index is 2.27. The first-order valence-corrected chi connectivity index (χ1v) is 13.8. The molecule has 0 fully saturated rings. The molecule has 0 aromatic heterocycles. The van der Waals surface area contributed by atoms with Gasteiger partial charge in [-0.15, -0.1) is 0 Å². The molecular weight excluding hydrogens is 604 g/mol. The van der Waals surface area contributed by atoms with Crippen LogP contribution < -0.4 is 0 Å². The van der Waals surface area contributed by atoms with Crippen LogP contribution in [0.15, 0.2) is 39.3 Å². The molecule has 4 rings (SSSR count). The van der Waals surface area contributed by atoms with Gasteiger partial charge in [0.2, 0.25) is 0 Å². The van der Waals surface area contributed by atoms with Gasteiger partial charge >= 0.3 is 11.9 Å². The molecule has 0 atom stereocenters. The van der Waals surface area contributed by atoms with Gasteiger partial charge in [0.25, 0.3) is 0 Å². The number of carboxylic acid groups (broad SMARTS) is 1. The second-order valence-corrected chi connectivity index (χ2v) is 10.6. The van der Waals surface area contributed by atoms with E-state index in [-0.39, 0.29) is 22.6 Å². The molecule has 37 heavy (non-hydrogen) atoms. The van der Waals surface area contributed by atoms with Crippen LogP contribution in [0, 0.1) is 0 Å². The molecule has 0 unspecified atom stereocenters. The van der Waals surface area contributed by atoms with Gasteiger partial charge in [0.15, 0.2) is 5.60 Å². The van der Waals surface area contributed by atoms with E-state index in [1.165, 1.54) is 18.2 Å². The molecule has 194 valence electrons. The molecule has 0 saturated carbocycles. The number of carbonyl (C=O) groups is 2. The second-order valence-electron chi connectivity index (χ2n) is 9.00. The van der Waals surface area contributed by atoms with Crippen molar-refractivity contribution >= 4 is 43.8 Å². The minimum Gasteiger partial charge on any atom is -0.507 e. The molecule has 3 aromatic carbocycles. The number of hydrogen-bond acceptors (Lipinski definition) is 5. The zero-order chi connectivity index (χ0) is 27.2. The van der Waals surface area contributed by atoms with Crippen LogP contribution in [0.4, 0.5) is 0 Å². The third-order valence-corrected chi connectivity index (χ3v) is 8.97. The van der Waals surface area contributed by atoms with Crippen molar-refractivity contribution in [2.45, 2.75) is 59.0 Å². The van der Waals surface area contributed by atoms with Gasteiger partial charge in [-0.2, -0.15) is 0 Å². The van der Waals surface area contributed by atoms with Gasteiger partial charge in [-0.05, 0) is 99.0 Å². The van der Waals surface area contributed by atoms with Gasteiger partial charge in [0.1, 0.15) is 11.5 Å². The van der Waals surface area contributed by atoms with Gasteiger partial charge in [-0.1, -0.05) is 27.7 Å². The monoisotopic (exact) mass is 630 g/mol. The van der Waals surface area contributed by atoms with Crippen LogP contribution in [-0.2, 0) is 36.0 Å². The predicted octanol–water partition coefficient (Wildman–Crippen LogP) is 7.03. The third-order valence-electron chi connectivity index (χ3n) is 7.16. The molecule has 3 N–H and O–H groups in total. The maximum atomic E-state index is 13.4. The lowest BCUT2D eigenvalue weighted by molar-refractivity contribution is 0.0246. The number of aromatic carboxylic acids is 1. The first kappa shape index (κ1) is 27.2. The number of halogens is 2. The highest BCUT2D eigenvalue weighted by molar-refractivity contribution is 9.11. The van der Waals surface area contributed by atoms with Crippen molar-refractivity contribution in [1.82, 2.24) is 0 Å². The maximum absolute atomic E-state index is 13.4. The number of carbonyl (C=O) groups excluding carboxylic acids is 1. The molecule has 6 nitrogen and oxygen atoms in total. The highest BCUT2D eigenvalue weighted by Gasteiger charge is 2.52. The van der Waals surface area contributed by atoms with Crippen molar-refractivity contribution in [3.8, 4) is 11.5 Å². The van der Waals surface area contributed by atoms with Crippen LogP contribution in [0.3, 0.4) is 0 Å². The van der Waals surface area contributed by atoms with Gasteiger partial charge in [-0.25, -0.2) is 9.59 Å². The number of carboxylic acids is 1. The Morgan fingerprint density at radius 2 is 1.30 bits per heavy atom. The maximum Gasteiger partial charge on any atom is 0.340 e. The van der Waals surface area contributed by atoms with Crippen molar-refractivity contribution in [2.75, 3.05) is 0 Å². The topological polar surface area (TPSA) is 104 Å². The molecule has 0 saturated heterocycles. The lowest BCUT2D eigenvalue weighted by Crippen LogP contribution is -2.32. The number of esters is 1. The molecule has 8 heteroatoms. The van der Waals surface area contributed by atoms with Gasteiger partial charge in [0.05, 0.1) is 11.1 Å². The summed E-state index contributed by atoms with van der Waals surface area (Å²) in [5.41, 5.74) is 2.95. The summed E-state index contributed by atoms with van der Waals surface area (Å²) in [7, 11) is 0. The van der Waals surface area contributed by atoms with Crippen molar-refractivity contribution in [1.29, 1.82) is 0 Å². The number of cyclic esters (lactones) is 1. The molecule has 0 aliphatic carbocycles. The summed E-state index contributed by atoms with van der Waals surface area (Å²) in [6.45, 7) is 7.70. The van der Waals surface area contributed by atoms with Crippen LogP contribution >= 0.6 is 31.9 Å². The Morgan fingerprint density at radius 3 is 1.70 bits per heavy atom. The number of benzene rings is 3. The highest BCUT2D eigenvalue weighted by Crippen LogP contribution is 2.54. The number of hydrogen-bond donors (Lipinski definition) is 3. The van der Waals surface area contributed by atoms with E-state index in [9.17, 15) is 24.9 Å². The molecule has 1 aliphatic heterocycles. The lowest BCUT2D eigenvalue weighted by Gasteiger charge is -2.34. The van der Waals surface area contributed by atoms with E-state index in [2.05, 4.69) is 31.9 Å². The summed E-state index contributed by atoms with van der Waals surface area (Å²) in [6.07, 6.45) is 2.08. The SMILES string of the molecule is CCc1cc(C2(c3cc(CC)c(O)c(CC)c3Br)OC(=O)c3ccc(C(=O)O)cc32)c(Br)c(CC)c1O. The van der Waals surface area contributed by atoms with Crippen LogP contribution in [-0.4, -0.2) is 27.3 Å². The molecule has 1 heterocycles. The van der Waals surface area contributed by atoms with E-state index in [0.717, 1.165) is 0 Å². The quantitative estimate of drug-likeness (QED) is 0.242. The Labute approximate surface area is 232 Å². The number of rotatable bonds is 7. The van der Waals surface area contributed by atoms with Gasteiger partial charge in [-0.3, -0.25) is 0 Å². The second kappa shape index (κ2) is 10.1. The number of phenols is 2. The minimum absolute atomic E-state index is 0.0177. The van der Waals surface area contributed by atoms with Gasteiger partial charge < -0.3 is 20.1 Å². The largest absolute Gasteiger partial charge is 0.507 e. The fourth-order valence-corrected chi connectivity index (χ4v) is 6.89. The summed E-state index contributed by atoms with van der Waals surface area (Å²) in [6, 6.07) is 7.97. The molecule has 0 amide bonds. The summed E-state index contributed by atoms with van der Waals surface area (Å²) in [5, 5.41) is 31.7. The lowest BCUT2D eigenvalue weighted by atomic mass is 9.76. The van der Waals surface area contributed by atoms with E-state index in [0.29, 0.717) is 73.6 Å². The predicted molar refractivity (Wildman–Crippen MR) is 148 cm³/mol. The van der Waals surface area contributed by atoms with E-state index >= 15 is 0 Å². The van der Waals surface area contributed by atoms with Crippen molar-refractivity contribution in [3.05, 3.63) is 89.3 Å². The van der Waals surface area contributed by atoms with E-state index in [1.807, 2.05) is 39.8 Å². The van der Waals surface area contributed by atoms with Gasteiger partial charge in [0, 0.05) is 36.8 Å². The van der Waals surface area contributed by atoms with Crippen LogP contribution in [0.5, 0.6) is 11.5 Å². The van der Waals surface area contributed by atoms with E-state index in [4.69, 9.17) is 4.74 Å². The van der Waals surface area contributed by atoms with E-state index < -0.39 is 17.5 Å². The molecular formula is C29H28Br2O6. The first-order chi connectivity index (χ1) is 17.6. The zero-order valence-electron chi connectivity index (χ0n) is 21.0. The summed E-state index contributed by atoms with van der Waals surface area (Å²) in [4.78, 5) is 25.4. The Kier molecular flexibility index (Phi) is 7.45. The minimum atomic E-state index is -1.54. The Hall–Kier alpha value is -2.84. The number of aromatic hydroxyl groups is 2. The average Bonchev–Trinajstić information content (AvgIpc) is 3.17. The van der Waals surface area contributed by atoms with Crippen molar-refractivity contribution in [2.24, 2.45) is 0 Å². The summed E-state index contributed by atoms with van der Waals surface area (Å²) in [5.74, 6) is -1.36. The fourth-order valence-electron chi connectivity index (χ4n) is 5.17. The summed E-state index contributed by atoms with van der Waals surface area (Å²) >= 11 is 7.39. The number of phenolic OH excluding ortho intramolecular Hbond substituents is 2. The average molecular weight is 632 g/mol. The molecule has 3 aromatic rings. The molecule has 0 bridgehead atoms. The molecule has 0 spiro atoms. The highest BCUT2D eigenvalue weighted by atomic mass is 79.9. The Bertz CT molecular complexity index is 1380. The number of aryl methyl sites for hydroxylation is 2. The Morgan fingerprint density at radius 1 is 0.811 bits per heavy atom. The first-order valence-electron chi connectivity index (χ1n) is 12.3. The standard InChI is InChI=1S/C29H28Br2O6/c1-5-14-11-21(23(30)17(7-3)25(14)32)29(22-12-15(6-2)26(33)18(8-4)24(22)31)20-13-16(27(34)35)9-10-19(20)28(36)37-29/h9-13,32-33H,5-8H2,1-4H3,(H,34,35). The number of ether oxygens (including phenoxy) is 1. The van der Waals surface area contributed by atoms with Crippen LogP contribution in [0.2, 0.25) is 0 Å². The number of fused-ring (bicyclic) bond motifs is 1. The molecule has 0 radical (unpaired) electrons. The van der Waals surface area contributed by atoms with Crippen LogP contribution in [0.1, 0.15) is 87.4 Å². The van der Waals surface area contributed by atoms with Crippen molar-refractivity contribution in [3.63, 3.8) is 0 Å². The van der Waals surface area contributed by atoms with Crippen LogP contribution in [0.25, 0.3) is 0 Å². The van der Waals surface area contributed by atoms with E-state index in [1.54, 1.807) is 0 Å². The fraction of sp³-hybridized carbons (Fsp3) is 0.310. The normalized spacial score (nSPS) is 13.9. The van der Waals surface area contributed by atoms with Crippen molar-refractivity contribution < 1.29 is 29.6 Å².